The number of carbonyl (C=O) groups excluding carboxylic acids is 1. The van der Waals surface area contributed by atoms with Crippen molar-refractivity contribution in [3.05, 3.63) is 40.4 Å². The van der Waals surface area contributed by atoms with Crippen LogP contribution in [0.1, 0.15) is 25.8 Å². The Kier molecular flexibility index (Phi) is 6.81. The molecule has 0 spiro atoms. The van der Waals surface area contributed by atoms with Crippen LogP contribution in [0, 0.1) is 5.82 Å². The molecule has 2 aromatic heterocycles. The number of amides is 1. The molecule has 1 atom stereocenters. The summed E-state index contributed by atoms with van der Waals surface area (Å²) in [7, 11) is 0. The van der Waals surface area contributed by atoms with E-state index in [9.17, 15) is 9.18 Å². The number of ether oxygens (including phenoxy) is 1. The van der Waals surface area contributed by atoms with E-state index in [-0.39, 0.29) is 16.7 Å². The lowest BCUT2D eigenvalue weighted by molar-refractivity contribution is -0.113. The third-order valence-electron chi connectivity index (χ3n) is 3.56. The maximum atomic E-state index is 13.2. The van der Waals surface area contributed by atoms with E-state index in [1.807, 2.05) is 11.5 Å². The van der Waals surface area contributed by atoms with Crippen molar-refractivity contribution in [1.82, 2.24) is 25.0 Å². The van der Waals surface area contributed by atoms with Gasteiger partial charge in [0.1, 0.15) is 17.1 Å². The molecule has 8 nitrogen and oxygen atoms in total. The van der Waals surface area contributed by atoms with Crippen molar-refractivity contribution >= 4 is 45.7 Å². The number of halogens is 2. The Balaban J connectivity index is 1.66. The van der Waals surface area contributed by atoms with Gasteiger partial charge in [0.25, 0.3) is 0 Å². The average molecular weight is 443 g/mol. The summed E-state index contributed by atoms with van der Waals surface area (Å²) < 4.78 is 20.9. The minimum atomic E-state index is -0.472. The zero-order valence-corrected chi connectivity index (χ0v) is 17.3. The van der Waals surface area contributed by atoms with Crippen molar-refractivity contribution in [1.29, 1.82) is 0 Å². The first-order valence-electron chi connectivity index (χ1n) is 8.21. The van der Waals surface area contributed by atoms with Crippen LogP contribution in [0.15, 0.2) is 28.9 Å². The number of rotatable bonds is 8. The monoisotopic (exact) mass is 442 g/mol. The Morgan fingerprint density at radius 1 is 1.43 bits per heavy atom. The molecule has 0 aliphatic rings. The Morgan fingerprint density at radius 3 is 2.93 bits per heavy atom. The Hall–Kier alpha value is -2.24. The van der Waals surface area contributed by atoms with Gasteiger partial charge in [-0.05, 0) is 32.0 Å². The Labute approximate surface area is 173 Å². The predicted octanol–water partition coefficient (Wildman–Crippen LogP) is 3.81. The molecule has 0 radical (unpaired) electrons. The van der Waals surface area contributed by atoms with Gasteiger partial charge in [-0.15, -0.1) is 20.4 Å². The summed E-state index contributed by atoms with van der Waals surface area (Å²) >= 11 is 8.52. The van der Waals surface area contributed by atoms with Crippen LogP contribution in [0.2, 0.25) is 5.02 Å². The number of carbonyl (C=O) groups is 1. The van der Waals surface area contributed by atoms with Crippen LogP contribution in [-0.2, 0) is 11.3 Å². The van der Waals surface area contributed by atoms with E-state index >= 15 is 0 Å². The molecular formula is C16H16ClFN6O2S2. The molecule has 0 unspecified atom stereocenters. The zero-order valence-electron chi connectivity index (χ0n) is 14.9. The molecule has 0 aliphatic heterocycles. The number of anilines is 1. The molecule has 1 aromatic carbocycles. The van der Waals surface area contributed by atoms with Crippen LogP contribution in [0.25, 0.3) is 0 Å². The molecule has 3 aromatic rings. The summed E-state index contributed by atoms with van der Waals surface area (Å²) in [5.74, 6) is 0.432. The van der Waals surface area contributed by atoms with Crippen molar-refractivity contribution < 1.29 is 13.9 Å². The second-order valence-electron chi connectivity index (χ2n) is 5.50. The highest BCUT2D eigenvalue weighted by Crippen LogP contribution is 2.30. The van der Waals surface area contributed by atoms with E-state index in [0.29, 0.717) is 28.4 Å². The van der Waals surface area contributed by atoms with Gasteiger partial charge in [0.2, 0.25) is 11.0 Å². The van der Waals surface area contributed by atoms with E-state index in [2.05, 4.69) is 25.7 Å². The average Bonchev–Trinajstić information content (AvgIpc) is 3.31. The highest BCUT2D eigenvalue weighted by Gasteiger charge is 2.20. The Bertz CT molecular complexity index is 953. The molecule has 148 valence electrons. The first kappa shape index (κ1) is 20.5. The molecule has 3 rings (SSSR count). The predicted molar refractivity (Wildman–Crippen MR) is 105 cm³/mol. The number of thioether (sulfide) groups is 1. The van der Waals surface area contributed by atoms with Gasteiger partial charge in [-0.25, -0.2) is 4.39 Å². The second kappa shape index (κ2) is 9.30. The van der Waals surface area contributed by atoms with Gasteiger partial charge in [0.15, 0.2) is 17.1 Å². The molecule has 2 heterocycles. The maximum absolute atomic E-state index is 13.2. The van der Waals surface area contributed by atoms with E-state index in [4.69, 9.17) is 16.3 Å². The van der Waals surface area contributed by atoms with Gasteiger partial charge in [0, 0.05) is 6.54 Å². The maximum Gasteiger partial charge on any atom is 0.236 e. The van der Waals surface area contributed by atoms with Crippen molar-refractivity contribution in [3.63, 3.8) is 0 Å². The lowest BCUT2D eigenvalue weighted by atomic mass is 10.3. The smallest absolute Gasteiger partial charge is 0.236 e. The van der Waals surface area contributed by atoms with Crippen molar-refractivity contribution in [3.8, 4) is 5.75 Å². The van der Waals surface area contributed by atoms with Gasteiger partial charge in [-0.2, -0.15) is 0 Å². The fourth-order valence-electron chi connectivity index (χ4n) is 2.33. The summed E-state index contributed by atoms with van der Waals surface area (Å²) in [6.07, 6.45) is -0.472. The lowest BCUT2D eigenvalue weighted by Gasteiger charge is -2.16. The summed E-state index contributed by atoms with van der Waals surface area (Å²) in [6, 6.07) is 3.93. The minimum Gasteiger partial charge on any atom is -0.481 e. The van der Waals surface area contributed by atoms with E-state index < -0.39 is 11.9 Å². The number of nitrogens with one attached hydrogen (secondary N) is 1. The second-order valence-corrected chi connectivity index (χ2v) is 7.68. The van der Waals surface area contributed by atoms with Crippen LogP contribution in [0.5, 0.6) is 5.75 Å². The molecule has 28 heavy (non-hydrogen) atoms. The van der Waals surface area contributed by atoms with Gasteiger partial charge in [-0.1, -0.05) is 34.7 Å². The number of hydrogen-bond donors (Lipinski definition) is 1. The lowest BCUT2D eigenvalue weighted by Crippen LogP contribution is -2.15. The molecule has 1 N–H and O–H groups in total. The van der Waals surface area contributed by atoms with Crippen molar-refractivity contribution in [2.24, 2.45) is 0 Å². The first-order valence-corrected chi connectivity index (χ1v) is 10.5. The molecule has 0 aliphatic carbocycles. The number of nitrogens with zero attached hydrogens (tertiary/aromatic N) is 5. The van der Waals surface area contributed by atoms with Gasteiger partial charge in [-0.3, -0.25) is 10.1 Å². The highest BCUT2D eigenvalue weighted by atomic mass is 35.5. The number of hydrogen-bond acceptors (Lipinski definition) is 8. The molecular weight excluding hydrogens is 427 g/mol. The van der Waals surface area contributed by atoms with E-state index in [0.717, 1.165) is 0 Å². The Morgan fingerprint density at radius 2 is 2.25 bits per heavy atom. The SMILES string of the molecule is CCn1c(SCC(=O)Nc2nncs2)nnc1[C@H](C)Oc1ccc(F)cc1Cl. The number of aromatic nitrogens is 5. The van der Waals surface area contributed by atoms with Crippen LogP contribution in [-0.4, -0.2) is 36.6 Å². The highest BCUT2D eigenvalue weighted by molar-refractivity contribution is 7.99. The molecule has 0 fully saturated rings. The van der Waals surface area contributed by atoms with Crippen molar-refractivity contribution in [2.75, 3.05) is 11.1 Å². The van der Waals surface area contributed by atoms with Crippen LogP contribution >= 0.6 is 34.7 Å². The third-order valence-corrected chi connectivity index (χ3v) is 5.43. The summed E-state index contributed by atoms with van der Waals surface area (Å²) in [6.45, 7) is 4.33. The van der Waals surface area contributed by atoms with Crippen LogP contribution in [0.3, 0.4) is 0 Å². The largest absolute Gasteiger partial charge is 0.481 e. The van der Waals surface area contributed by atoms with Crippen molar-refractivity contribution in [2.45, 2.75) is 31.7 Å². The van der Waals surface area contributed by atoms with Crippen LogP contribution < -0.4 is 10.1 Å². The van der Waals surface area contributed by atoms with Gasteiger partial charge >= 0.3 is 0 Å². The summed E-state index contributed by atoms with van der Waals surface area (Å²) in [5, 5.41) is 19.6. The quantitative estimate of drug-likeness (QED) is 0.530. The third kappa shape index (κ3) is 4.97. The minimum absolute atomic E-state index is 0.150. The molecule has 1 amide bonds. The van der Waals surface area contributed by atoms with E-state index in [1.165, 1.54) is 46.8 Å². The van der Waals surface area contributed by atoms with Gasteiger partial charge in [0.05, 0.1) is 10.8 Å². The normalized spacial score (nSPS) is 12.0. The standard InChI is InChI=1S/C16H16ClFN6O2S2/c1-3-24-14(9(2)26-12-5-4-10(18)6-11(12)17)21-23-16(24)27-7-13(25)20-15-22-19-8-28-15/h4-6,8-9H,3,7H2,1-2H3,(H,20,22,25)/t9-/m0/s1. The van der Waals surface area contributed by atoms with E-state index in [1.54, 1.807) is 6.92 Å². The van der Waals surface area contributed by atoms with Crippen LogP contribution in [0.4, 0.5) is 9.52 Å². The molecule has 12 heteroatoms. The molecule has 0 saturated heterocycles. The first-order chi connectivity index (χ1) is 13.5. The summed E-state index contributed by atoms with van der Waals surface area (Å²) in [4.78, 5) is 12.0. The topological polar surface area (TPSA) is 94.8 Å². The fraction of sp³-hybridized carbons (Fsp3) is 0.312. The fourth-order valence-corrected chi connectivity index (χ4v) is 3.81. The summed E-state index contributed by atoms with van der Waals surface area (Å²) in [5.41, 5.74) is 1.54. The van der Waals surface area contributed by atoms with Gasteiger partial charge < -0.3 is 9.30 Å². The molecule has 0 saturated carbocycles. The number of benzene rings is 1. The zero-order chi connectivity index (χ0) is 20.1. The molecule has 0 bridgehead atoms.